The van der Waals surface area contributed by atoms with Crippen molar-refractivity contribution < 1.29 is 14.9 Å². The Labute approximate surface area is 54.3 Å². The Morgan fingerprint density at radius 1 is 1.33 bits per heavy atom. The molecule has 3 nitrogen and oxygen atoms in total. The molecule has 54 valence electrons. The fourth-order valence-electron chi connectivity index (χ4n) is 0.939. The minimum atomic E-state index is -0.679. The number of aliphatic hydroxyl groups excluding tert-OH is 2. The topological polar surface area (TPSA) is 49.7 Å². The lowest BCUT2D eigenvalue weighted by molar-refractivity contribution is -0.115. The van der Waals surface area contributed by atoms with E-state index in [1.807, 2.05) is 6.92 Å². The molecule has 2 N–H and O–H groups in total. The van der Waals surface area contributed by atoms with Gasteiger partial charge in [-0.05, 0) is 6.92 Å². The van der Waals surface area contributed by atoms with Crippen molar-refractivity contribution in [3.05, 3.63) is 0 Å². The Kier molecular flexibility index (Phi) is 2.05. The highest BCUT2D eigenvalue weighted by molar-refractivity contribution is 4.74. The molecule has 1 fully saturated rings. The van der Waals surface area contributed by atoms with Crippen LogP contribution in [0, 0.1) is 0 Å². The van der Waals surface area contributed by atoms with Crippen molar-refractivity contribution in [1.82, 2.24) is 0 Å². The SMILES string of the molecule is C[C@@H]1C[C@@H](O)[C@H](O)CO1. The van der Waals surface area contributed by atoms with E-state index in [1.54, 1.807) is 0 Å². The van der Waals surface area contributed by atoms with Crippen molar-refractivity contribution >= 4 is 0 Å². The first kappa shape index (κ1) is 6.99. The van der Waals surface area contributed by atoms with Gasteiger partial charge in [-0.2, -0.15) is 0 Å². The lowest BCUT2D eigenvalue weighted by Gasteiger charge is -2.27. The summed E-state index contributed by atoms with van der Waals surface area (Å²) < 4.78 is 5.05. The Balaban J connectivity index is 2.35. The number of rotatable bonds is 0. The van der Waals surface area contributed by atoms with Crippen molar-refractivity contribution in [2.75, 3.05) is 6.61 Å². The van der Waals surface area contributed by atoms with Crippen molar-refractivity contribution in [2.45, 2.75) is 31.7 Å². The molecule has 9 heavy (non-hydrogen) atoms. The van der Waals surface area contributed by atoms with Crippen LogP contribution in [-0.2, 0) is 4.74 Å². The van der Waals surface area contributed by atoms with Crippen LogP contribution in [0.1, 0.15) is 13.3 Å². The summed E-state index contributed by atoms with van der Waals surface area (Å²) in [5.74, 6) is 0. The number of ether oxygens (including phenoxy) is 1. The monoisotopic (exact) mass is 132 g/mol. The van der Waals surface area contributed by atoms with Crippen molar-refractivity contribution in [3.63, 3.8) is 0 Å². The quantitative estimate of drug-likeness (QED) is 0.468. The molecular formula is C6H12O3. The summed E-state index contributed by atoms with van der Waals surface area (Å²) in [6, 6.07) is 0. The van der Waals surface area contributed by atoms with E-state index in [4.69, 9.17) is 14.9 Å². The van der Waals surface area contributed by atoms with Gasteiger partial charge in [0.1, 0.15) is 6.10 Å². The maximum Gasteiger partial charge on any atom is 0.103 e. The van der Waals surface area contributed by atoms with Gasteiger partial charge in [-0.3, -0.25) is 0 Å². The lowest BCUT2D eigenvalue weighted by atomic mass is 10.1. The van der Waals surface area contributed by atoms with Crippen LogP contribution in [0.25, 0.3) is 0 Å². The van der Waals surface area contributed by atoms with E-state index in [0.29, 0.717) is 6.42 Å². The highest BCUT2D eigenvalue weighted by Gasteiger charge is 2.25. The van der Waals surface area contributed by atoms with Gasteiger partial charge in [0.15, 0.2) is 0 Å². The fourth-order valence-corrected chi connectivity index (χ4v) is 0.939. The zero-order valence-corrected chi connectivity index (χ0v) is 5.45. The smallest absolute Gasteiger partial charge is 0.103 e. The zero-order valence-electron chi connectivity index (χ0n) is 5.45. The first-order valence-corrected chi connectivity index (χ1v) is 3.18. The third-order valence-corrected chi connectivity index (χ3v) is 1.57. The summed E-state index contributed by atoms with van der Waals surface area (Å²) in [5.41, 5.74) is 0. The first-order valence-electron chi connectivity index (χ1n) is 3.18. The van der Waals surface area contributed by atoms with Crippen molar-refractivity contribution in [1.29, 1.82) is 0 Å². The molecule has 0 radical (unpaired) electrons. The molecule has 0 aliphatic carbocycles. The summed E-state index contributed by atoms with van der Waals surface area (Å²) in [6.45, 7) is 2.15. The van der Waals surface area contributed by atoms with E-state index in [2.05, 4.69) is 0 Å². The molecule has 0 aromatic heterocycles. The van der Waals surface area contributed by atoms with Crippen molar-refractivity contribution in [2.24, 2.45) is 0 Å². The average molecular weight is 132 g/mol. The summed E-state index contributed by atoms with van der Waals surface area (Å²) >= 11 is 0. The van der Waals surface area contributed by atoms with E-state index >= 15 is 0 Å². The molecule has 1 heterocycles. The fraction of sp³-hybridized carbons (Fsp3) is 1.00. The normalized spacial score (nSPS) is 45.0. The second-order valence-electron chi connectivity index (χ2n) is 2.51. The number of hydrogen-bond acceptors (Lipinski definition) is 3. The molecule has 3 atom stereocenters. The van der Waals surface area contributed by atoms with E-state index in [1.165, 1.54) is 0 Å². The van der Waals surface area contributed by atoms with Crippen LogP contribution >= 0.6 is 0 Å². The van der Waals surface area contributed by atoms with Gasteiger partial charge in [-0.15, -0.1) is 0 Å². The standard InChI is InChI=1S/C6H12O3/c1-4-2-5(7)6(8)3-9-4/h4-8H,2-3H2,1H3/t4-,5-,6-/m1/s1. The van der Waals surface area contributed by atoms with Crippen LogP contribution < -0.4 is 0 Å². The summed E-state index contributed by atoms with van der Waals surface area (Å²) in [7, 11) is 0. The molecule has 1 aliphatic rings. The van der Waals surface area contributed by atoms with Crippen LogP contribution in [0.4, 0.5) is 0 Å². The van der Waals surface area contributed by atoms with Gasteiger partial charge in [0, 0.05) is 6.42 Å². The molecule has 1 rings (SSSR count). The maximum absolute atomic E-state index is 9.02. The highest BCUT2D eigenvalue weighted by atomic mass is 16.5. The van der Waals surface area contributed by atoms with Gasteiger partial charge in [-0.1, -0.05) is 0 Å². The van der Waals surface area contributed by atoms with Gasteiger partial charge in [0.05, 0.1) is 18.8 Å². The summed E-state index contributed by atoms with van der Waals surface area (Å²) in [6.07, 6.45) is -0.639. The van der Waals surface area contributed by atoms with Crippen LogP contribution in [0.2, 0.25) is 0 Å². The molecule has 0 bridgehead atoms. The molecule has 0 saturated carbocycles. The first-order chi connectivity index (χ1) is 4.20. The second kappa shape index (κ2) is 2.64. The van der Waals surface area contributed by atoms with Crippen molar-refractivity contribution in [3.8, 4) is 0 Å². The maximum atomic E-state index is 9.02. The largest absolute Gasteiger partial charge is 0.390 e. The molecule has 0 amide bonds. The number of aliphatic hydroxyl groups is 2. The van der Waals surface area contributed by atoms with Gasteiger partial charge >= 0.3 is 0 Å². The molecule has 3 heteroatoms. The predicted molar refractivity (Wildman–Crippen MR) is 32.0 cm³/mol. The minimum Gasteiger partial charge on any atom is -0.390 e. The molecule has 1 saturated heterocycles. The Morgan fingerprint density at radius 2 is 2.00 bits per heavy atom. The zero-order chi connectivity index (χ0) is 6.85. The summed E-state index contributed by atoms with van der Waals surface area (Å²) in [4.78, 5) is 0. The number of hydrogen-bond donors (Lipinski definition) is 2. The van der Waals surface area contributed by atoms with Crippen LogP contribution in [-0.4, -0.2) is 35.1 Å². The second-order valence-corrected chi connectivity index (χ2v) is 2.51. The van der Waals surface area contributed by atoms with Crippen LogP contribution in [0.5, 0.6) is 0 Å². The lowest BCUT2D eigenvalue weighted by Crippen LogP contribution is -2.39. The van der Waals surface area contributed by atoms with E-state index < -0.39 is 12.2 Å². The minimum absolute atomic E-state index is 0.0865. The average Bonchev–Trinajstić information content (AvgIpc) is 1.80. The van der Waals surface area contributed by atoms with Gasteiger partial charge in [-0.25, -0.2) is 0 Å². The molecule has 0 aromatic rings. The third-order valence-electron chi connectivity index (χ3n) is 1.57. The highest BCUT2D eigenvalue weighted by Crippen LogP contribution is 2.12. The van der Waals surface area contributed by atoms with Gasteiger partial charge in [0.25, 0.3) is 0 Å². The Bertz CT molecular complexity index is 94.3. The molecule has 1 aliphatic heterocycles. The molecule has 0 unspecified atom stereocenters. The Hall–Kier alpha value is -0.120. The van der Waals surface area contributed by atoms with E-state index in [-0.39, 0.29) is 12.7 Å². The molecule has 0 spiro atoms. The Morgan fingerprint density at radius 3 is 2.44 bits per heavy atom. The van der Waals surface area contributed by atoms with Crippen LogP contribution in [0.3, 0.4) is 0 Å². The molecular weight excluding hydrogens is 120 g/mol. The molecule has 0 aromatic carbocycles. The van der Waals surface area contributed by atoms with Gasteiger partial charge in [0.2, 0.25) is 0 Å². The van der Waals surface area contributed by atoms with Crippen LogP contribution in [0.15, 0.2) is 0 Å². The predicted octanol–water partition coefficient (Wildman–Crippen LogP) is -0.483. The van der Waals surface area contributed by atoms with E-state index in [9.17, 15) is 0 Å². The van der Waals surface area contributed by atoms with Gasteiger partial charge < -0.3 is 14.9 Å². The third kappa shape index (κ3) is 1.64. The van der Waals surface area contributed by atoms with E-state index in [0.717, 1.165) is 0 Å². The summed E-state index contributed by atoms with van der Waals surface area (Å²) in [5, 5.41) is 17.9.